The molecule has 1 heterocycles. The summed E-state index contributed by atoms with van der Waals surface area (Å²) in [5, 5.41) is 2.66. The number of Topliss-reactive ketones (excluding diaryl/α,β-unsaturated/α-hetero) is 1. The van der Waals surface area contributed by atoms with Crippen LogP contribution >= 0.6 is 0 Å². The molecule has 2 unspecified atom stereocenters. The standard InChI is InChI=1S/C13H12F3NO3/c1-20-12(19)10-8(11(18)13(14,15)16)6-7-4-2-3-5-9(7)17-10/h2-5,8,10,17H,6H2,1H3. The van der Waals surface area contributed by atoms with Crippen LogP contribution in [0.15, 0.2) is 24.3 Å². The predicted molar refractivity (Wildman–Crippen MR) is 64.1 cm³/mol. The Kier molecular flexibility index (Phi) is 3.69. The van der Waals surface area contributed by atoms with Crippen LogP contribution in [0.4, 0.5) is 18.9 Å². The van der Waals surface area contributed by atoms with Gasteiger partial charge in [0.15, 0.2) is 0 Å². The first-order valence-corrected chi connectivity index (χ1v) is 5.88. The van der Waals surface area contributed by atoms with E-state index in [0.29, 0.717) is 11.3 Å². The number of carbonyl (C=O) groups excluding carboxylic acids is 2. The molecule has 1 N–H and O–H groups in total. The molecule has 2 atom stereocenters. The molecule has 0 aliphatic carbocycles. The van der Waals surface area contributed by atoms with Crippen LogP contribution in [0.1, 0.15) is 5.56 Å². The zero-order valence-corrected chi connectivity index (χ0v) is 10.5. The summed E-state index contributed by atoms with van der Waals surface area (Å²) in [6.07, 6.45) is -5.13. The van der Waals surface area contributed by atoms with Crippen molar-refractivity contribution in [2.75, 3.05) is 12.4 Å². The molecule has 1 aromatic carbocycles. The third-order valence-corrected chi connectivity index (χ3v) is 3.24. The summed E-state index contributed by atoms with van der Waals surface area (Å²) in [7, 11) is 1.07. The number of halogens is 3. The number of anilines is 1. The molecular formula is C13H12F3NO3. The van der Waals surface area contributed by atoms with Gasteiger partial charge in [-0.15, -0.1) is 0 Å². The number of fused-ring (bicyclic) bond motifs is 1. The molecule has 20 heavy (non-hydrogen) atoms. The van der Waals surface area contributed by atoms with Crippen LogP contribution in [-0.2, 0) is 20.7 Å². The largest absolute Gasteiger partial charge is 0.467 e. The molecular weight excluding hydrogens is 275 g/mol. The van der Waals surface area contributed by atoms with Gasteiger partial charge in [0.1, 0.15) is 6.04 Å². The lowest BCUT2D eigenvalue weighted by Gasteiger charge is -2.32. The van der Waals surface area contributed by atoms with Gasteiger partial charge >= 0.3 is 12.1 Å². The van der Waals surface area contributed by atoms with E-state index in [9.17, 15) is 22.8 Å². The summed E-state index contributed by atoms with van der Waals surface area (Å²) in [5.41, 5.74) is 1.10. The Morgan fingerprint density at radius 1 is 1.30 bits per heavy atom. The Balaban J connectivity index is 2.38. The Hall–Kier alpha value is -2.05. The summed E-state index contributed by atoms with van der Waals surface area (Å²) < 4.78 is 42.3. The number of esters is 1. The van der Waals surface area contributed by atoms with Gasteiger partial charge in [-0.05, 0) is 18.1 Å². The van der Waals surface area contributed by atoms with E-state index >= 15 is 0 Å². The molecule has 0 spiro atoms. The van der Waals surface area contributed by atoms with Crippen LogP contribution in [-0.4, -0.2) is 31.1 Å². The smallest absolute Gasteiger partial charge is 0.450 e. The SMILES string of the molecule is COC(=O)C1Nc2ccccc2CC1C(=O)C(F)(F)F. The molecule has 1 aliphatic heterocycles. The normalized spacial score (nSPS) is 21.6. The lowest BCUT2D eigenvalue weighted by Crippen LogP contribution is -2.49. The van der Waals surface area contributed by atoms with Crippen molar-refractivity contribution in [2.24, 2.45) is 5.92 Å². The minimum Gasteiger partial charge on any atom is -0.467 e. The average Bonchev–Trinajstić information content (AvgIpc) is 2.43. The number of ether oxygens (including phenoxy) is 1. The van der Waals surface area contributed by atoms with E-state index in [0.717, 1.165) is 7.11 Å². The summed E-state index contributed by atoms with van der Waals surface area (Å²) in [4.78, 5) is 23.1. The third kappa shape index (κ3) is 2.61. The fourth-order valence-electron chi connectivity index (χ4n) is 2.27. The number of hydrogen-bond acceptors (Lipinski definition) is 4. The molecule has 4 nitrogen and oxygen atoms in total. The second-order valence-electron chi connectivity index (χ2n) is 4.47. The van der Waals surface area contributed by atoms with Gasteiger partial charge in [0.2, 0.25) is 5.78 Å². The van der Waals surface area contributed by atoms with Crippen molar-refractivity contribution in [1.82, 2.24) is 0 Å². The second-order valence-corrected chi connectivity index (χ2v) is 4.47. The van der Waals surface area contributed by atoms with Crippen molar-refractivity contribution in [3.8, 4) is 0 Å². The molecule has 2 rings (SSSR count). The first-order valence-electron chi connectivity index (χ1n) is 5.88. The number of methoxy groups -OCH3 is 1. The first kappa shape index (κ1) is 14.4. The van der Waals surface area contributed by atoms with Crippen LogP contribution in [0.5, 0.6) is 0 Å². The van der Waals surface area contributed by atoms with Crippen molar-refractivity contribution < 1.29 is 27.5 Å². The molecule has 0 saturated heterocycles. The second kappa shape index (κ2) is 5.15. The molecule has 108 valence electrons. The van der Waals surface area contributed by atoms with Gasteiger partial charge in [0.05, 0.1) is 13.0 Å². The molecule has 0 bridgehead atoms. The van der Waals surface area contributed by atoms with Gasteiger partial charge in [-0.3, -0.25) is 4.79 Å². The monoisotopic (exact) mass is 287 g/mol. The number of rotatable bonds is 2. The third-order valence-electron chi connectivity index (χ3n) is 3.24. The van der Waals surface area contributed by atoms with Gasteiger partial charge in [-0.2, -0.15) is 13.2 Å². The Morgan fingerprint density at radius 2 is 1.95 bits per heavy atom. The number of benzene rings is 1. The van der Waals surface area contributed by atoms with Gasteiger partial charge < -0.3 is 10.1 Å². The van der Waals surface area contributed by atoms with Crippen molar-refractivity contribution >= 4 is 17.4 Å². The van der Waals surface area contributed by atoms with Crippen molar-refractivity contribution in [2.45, 2.75) is 18.6 Å². The number of alkyl halides is 3. The summed E-state index contributed by atoms with van der Waals surface area (Å²) in [5.74, 6) is -4.32. The molecule has 1 aromatic rings. The number of hydrogen-bond donors (Lipinski definition) is 1. The number of nitrogens with one attached hydrogen (secondary N) is 1. The van der Waals surface area contributed by atoms with Crippen LogP contribution in [0.3, 0.4) is 0 Å². The highest BCUT2D eigenvalue weighted by Crippen LogP contribution is 2.33. The summed E-state index contributed by atoms with van der Waals surface area (Å²) in [6, 6.07) is 5.27. The zero-order chi connectivity index (χ0) is 14.9. The molecule has 0 amide bonds. The van der Waals surface area contributed by atoms with Crippen LogP contribution in [0, 0.1) is 5.92 Å². The van der Waals surface area contributed by atoms with E-state index in [-0.39, 0.29) is 6.42 Å². The van der Waals surface area contributed by atoms with Crippen LogP contribution in [0.25, 0.3) is 0 Å². The number of ketones is 1. The lowest BCUT2D eigenvalue weighted by atomic mass is 9.84. The van der Waals surface area contributed by atoms with Gasteiger partial charge in [0, 0.05) is 5.69 Å². The maximum Gasteiger partial charge on any atom is 0.450 e. The number of para-hydroxylation sites is 1. The van der Waals surface area contributed by atoms with E-state index < -0.39 is 29.9 Å². The molecule has 1 aliphatic rings. The topological polar surface area (TPSA) is 55.4 Å². The van der Waals surface area contributed by atoms with Gasteiger partial charge in [-0.1, -0.05) is 18.2 Å². The molecule has 0 aromatic heterocycles. The molecule has 0 fully saturated rings. The van der Waals surface area contributed by atoms with E-state index in [4.69, 9.17) is 0 Å². The van der Waals surface area contributed by atoms with Crippen LogP contribution < -0.4 is 5.32 Å². The van der Waals surface area contributed by atoms with E-state index in [1.807, 2.05) is 0 Å². The first-order chi connectivity index (χ1) is 9.34. The maximum atomic E-state index is 12.6. The average molecular weight is 287 g/mol. The van der Waals surface area contributed by atoms with Crippen LogP contribution in [0.2, 0.25) is 0 Å². The molecule has 0 radical (unpaired) electrons. The quantitative estimate of drug-likeness (QED) is 0.845. The van der Waals surface area contributed by atoms with Gasteiger partial charge in [-0.25, -0.2) is 4.79 Å². The Morgan fingerprint density at radius 3 is 2.55 bits per heavy atom. The fraction of sp³-hybridized carbons (Fsp3) is 0.385. The van der Waals surface area contributed by atoms with Crippen molar-refractivity contribution in [3.63, 3.8) is 0 Å². The maximum absolute atomic E-state index is 12.6. The zero-order valence-electron chi connectivity index (χ0n) is 10.5. The highest BCUT2D eigenvalue weighted by atomic mass is 19.4. The highest BCUT2D eigenvalue weighted by molar-refractivity contribution is 5.94. The van der Waals surface area contributed by atoms with E-state index in [2.05, 4.69) is 10.1 Å². The highest BCUT2D eigenvalue weighted by Gasteiger charge is 2.49. The summed E-state index contributed by atoms with van der Waals surface area (Å²) in [6.45, 7) is 0. The van der Waals surface area contributed by atoms with E-state index in [1.165, 1.54) is 0 Å². The Bertz CT molecular complexity index is 542. The van der Waals surface area contributed by atoms with Crippen molar-refractivity contribution in [3.05, 3.63) is 29.8 Å². The fourth-order valence-corrected chi connectivity index (χ4v) is 2.27. The lowest BCUT2D eigenvalue weighted by molar-refractivity contribution is -0.177. The minimum absolute atomic E-state index is 0.152. The molecule has 0 saturated carbocycles. The van der Waals surface area contributed by atoms with Crippen molar-refractivity contribution in [1.29, 1.82) is 0 Å². The van der Waals surface area contributed by atoms with Gasteiger partial charge in [0.25, 0.3) is 0 Å². The predicted octanol–water partition coefficient (Wildman–Crippen LogP) is 1.94. The minimum atomic E-state index is -4.98. The number of carbonyl (C=O) groups is 2. The summed E-state index contributed by atoms with van der Waals surface area (Å²) >= 11 is 0. The van der Waals surface area contributed by atoms with E-state index in [1.54, 1.807) is 24.3 Å². The Labute approximate surface area is 112 Å². The molecule has 7 heteroatoms.